The second kappa shape index (κ2) is 3.73. The number of nitrogens with one attached hydrogen (secondary N) is 1. The van der Waals surface area contributed by atoms with Crippen molar-refractivity contribution in [2.24, 2.45) is 0 Å². The second-order valence-electron chi connectivity index (χ2n) is 4.28. The number of hydrogen-bond donors (Lipinski definition) is 1. The molecule has 11 heavy (non-hydrogen) atoms. The van der Waals surface area contributed by atoms with Crippen molar-refractivity contribution in [1.82, 2.24) is 0 Å². The summed E-state index contributed by atoms with van der Waals surface area (Å²) >= 11 is 4.33. The molecule has 0 amide bonds. The molecule has 1 aliphatic rings. The minimum atomic E-state index is -0.873. The summed E-state index contributed by atoms with van der Waals surface area (Å²) in [5, 5.41) is 0. The van der Waals surface area contributed by atoms with E-state index >= 15 is 0 Å². The minimum absolute atomic E-state index is 0.873. The van der Waals surface area contributed by atoms with Gasteiger partial charge in [-0.3, -0.25) is 0 Å². The molecule has 1 saturated heterocycles. The molecule has 0 radical (unpaired) electrons. The van der Waals surface area contributed by atoms with Gasteiger partial charge in [-0.1, -0.05) is 43.2 Å². The molecular weight excluding hydrogens is 190 g/mol. The van der Waals surface area contributed by atoms with Crippen LogP contribution in [0.5, 0.6) is 0 Å². The van der Waals surface area contributed by atoms with Crippen molar-refractivity contribution >= 4 is 31.6 Å². The molecule has 0 aromatic carbocycles. The van der Waals surface area contributed by atoms with Gasteiger partial charge in [0.1, 0.15) is 11.8 Å². The van der Waals surface area contributed by atoms with Crippen LogP contribution in [0.25, 0.3) is 0 Å². The van der Waals surface area contributed by atoms with E-state index in [1.54, 1.807) is 4.90 Å². The van der Waals surface area contributed by atoms with Gasteiger partial charge in [0.2, 0.25) is 0 Å². The Morgan fingerprint density at radius 2 is 1.64 bits per heavy atom. The van der Waals surface area contributed by atoms with Crippen molar-refractivity contribution < 1.29 is 4.90 Å². The van der Waals surface area contributed by atoms with Crippen LogP contribution < -0.4 is 4.90 Å². The summed E-state index contributed by atoms with van der Waals surface area (Å²) in [5.41, 5.74) is 0. The first kappa shape index (κ1) is 9.96. The second-order valence-corrected chi connectivity index (χ2v) is 12.9. The lowest BCUT2D eigenvalue weighted by Gasteiger charge is -2.32. The third-order valence-corrected chi connectivity index (χ3v) is 11.1. The van der Waals surface area contributed by atoms with Gasteiger partial charge in [-0.25, -0.2) is 0 Å². The van der Waals surface area contributed by atoms with Crippen LogP contribution in [0.15, 0.2) is 0 Å². The number of quaternary nitrogens is 1. The smallest absolute Gasteiger partial charge is 0.125 e. The zero-order valence-corrected chi connectivity index (χ0v) is 10.4. The Bertz CT molecular complexity index is 127. The zero-order chi connectivity index (χ0) is 8.48. The van der Waals surface area contributed by atoms with Crippen molar-refractivity contribution in [3.8, 4) is 0 Å². The maximum atomic E-state index is 2.47. The average Bonchev–Trinajstić information content (AvgIpc) is 1.86. The van der Waals surface area contributed by atoms with Gasteiger partial charge in [0.05, 0.1) is 19.3 Å². The highest BCUT2D eigenvalue weighted by atomic mass is 32.2. The van der Waals surface area contributed by atoms with Crippen molar-refractivity contribution in [3.63, 3.8) is 0 Å². The average molecular weight is 208 g/mol. The Balaban J connectivity index is 2.39. The highest BCUT2D eigenvalue weighted by Gasteiger charge is 2.32. The molecule has 0 saturated carbocycles. The largest absolute Gasteiger partial charge is 0.320 e. The van der Waals surface area contributed by atoms with Crippen LogP contribution in [0.2, 0.25) is 19.6 Å². The van der Waals surface area contributed by atoms with Gasteiger partial charge in [-0.2, -0.15) is 0 Å². The summed E-state index contributed by atoms with van der Waals surface area (Å²) in [6.07, 6.45) is 0. The van der Waals surface area contributed by atoms with E-state index in [-0.39, 0.29) is 0 Å². The lowest BCUT2D eigenvalue weighted by Crippen LogP contribution is -3.09. The van der Waals surface area contributed by atoms with E-state index in [0.29, 0.717) is 0 Å². The highest BCUT2D eigenvalue weighted by Crippen LogP contribution is 2.32. The maximum Gasteiger partial charge on any atom is 0.125 e. The SMILES string of the molecule is C[NH+]1CSC([Si](C)(C)C)SC1. The number of rotatable bonds is 1. The van der Waals surface area contributed by atoms with Gasteiger partial charge in [0, 0.05) is 0 Å². The van der Waals surface area contributed by atoms with Gasteiger partial charge in [0.15, 0.2) is 0 Å². The first-order valence-corrected chi connectivity index (χ1v) is 9.72. The van der Waals surface area contributed by atoms with E-state index in [4.69, 9.17) is 0 Å². The van der Waals surface area contributed by atoms with Crippen LogP contribution in [0, 0.1) is 0 Å². The standard InChI is InChI=1S/C7H17NS2Si/c1-8-5-9-7(10-6-8)11(2,3)4/h7H,5-6H2,1-4H3/p+1. The fourth-order valence-corrected chi connectivity index (χ4v) is 7.52. The van der Waals surface area contributed by atoms with Crippen LogP contribution in [0.3, 0.4) is 0 Å². The van der Waals surface area contributed by atoms with Gasteiger partial charge in [-0.15, -0.1) is 0 Å². The molecule has 1 nitrogen and oxygen atoms in total. The monoisotopic (exact) mass is 208 g/mol. The van der Waals surface area contributed by atoms with Crippen LogP contribution in [-0.4, -0.2) is 31.1 Å². The van der Waals surface area contributed by atoms with Crippen LogP contribution in [0.4, 0.5) is 0 Å². The summed E-state index contributed by atoms with van der Waals surface area (Å²) in [6, 6.07) is 0. The normalized spacial score (nSPS) is 33.8. The van der Waals surface area contributed by atoms with E-state index in [2.05, 4.69) is 50.2 Å². The maximum absolute atomic E-state index is 2.47. The molecule has 0 bridgehead atoms. The molecular formula is C7H18NS2Si+. The van der Waals surface area contributed by atoms with Gasteiger partial charge < -0.3 is 4.90 Å². The number of thioether (sulfide) groups is 2. The van der Waals surface area contributed by atoms with Crippen molar-refractivity contribution in [3.05, 3.63) is 0 Å². The van der Waals surface area contributed by atoms with Crippen LogP contribution in [-0.2, 0) is 0 Å². The summed E-state index contributed by atoms with van der Waals surface area (Å²) in [6.45, 7) is 7.41. The Morgan fingerprint density at radius 3 is 2.00 bits per heavy atom. The summed E-state index contributed by atoms with van der Waals surface area (Å²) < 4.78 is 0.936. The third-order valence-electron chi connectivity index (χ3n) is 1.67. The first-order chi connectivity index (χ1) is 5.00. The van der Waals surface area contributed by atoms with E-state index in [1.165, 1.54) is 11.8 Å². The summed E-state index contributed by atoms with van der Waals surface area (Å²) in [5.74, 6) is 2.61. The molecule has 1 heterocycles. The predicted molar refractivity (Wildman–Crippen MR) is 58.9 cm³/mol. The Kier molecular flexibility index (Phi) is 3.37. The van der Waals surface area contributed by atoms with Gasteiger partial charge in [-0.05, 0) is 0 Å². The molecule has 66 valence electrons. The molecule has 0 spiro atoms. The van der Waals surface area contributed by atoms with E-state index < -0.39 is 8.07 Å². The summed E-state index contributed by atoms with van der Waals surface area (Å²) in [4.78, 5) is 1.66. The molecule has 4 heteroatoms. The van der Waals surface area contributed by atoms with Crippen LogP contribution in [0.1, 0.15) is 0 Å². The lowest BCUT2D eigenvalue weighted by atomic mass is 11.0. The van der Waals surface area contributed by atoms with Crippen LogP contribution >= 0.6 is 23.5 Å². The van der Waals surface area contributed by atoms with E-state index in [1.807, 2.05) is 0 Å². The van der Waals surface area contributed by atoms with Crippen molar-refractivity contribution in [1.29, 1.82) is 0 Å². The molecule has 1 aliphatic heterocycles. The van der Waals surface area contributed by atoms with E-state index in [9.17, 15) is 0 Å². The fraction of sp³-hybridized carbons (Fsp3) is 1.00. The minimum Gasteiger partial charge on any atom is -0.320 e. The Hall–Kier alpha value is 0.877. The number of hydrogen-bond acceptors (Lipinski definition) is 2. The van der Waals surface area contributed by atoms with Crippen molar-refractivity contribution in [2.75, 3.05) is 18.8 Å². The topological polar surface area (TPSA) is 4.44 Å². The summed E-state index contributed by atoms with van der Waals surface area (Å²) in [7, 11) is 1.40. The first-order valence-electron chi connectivity index (χ1n) is 4.04. The Morgan fingerprint density at radius 1 is 1.18 bits per heavy atom. The zero-order valence-electron chi connectivity index (χ0n) is 7.81. The molecule has 0 aliphatic carbocycles. The quantitative estimate of drug-likeness (QED) is 0.644. The highest BCUT2D eigenvalue weighted by molar-refractivity contribution is 8.19. The molecule has 1 N–H and O–H groups in total. The Labute approximate surface area is 79.3 Å². The molecule has 1 rings (SSSR count). The molecule has 0 unspecified atom stereocenters. The van der Waals surface area contributed by atoms with Gasteiger partial charge in [0.25, 0.3) is 0 Å². The van der Waals surface area contributed by atoms with Crippen molar-refractivity contribution in [2.45, 2.75) is 23.8 Å². The molecule has 0 aromatic heterocycles. The fourth-order valence-electron chi connectivity index (χ4n) is 1.03. The third kappa shape index (κ3) is 3.01. The lowest BCUT2D eigenvalue weighted by molar-refractivity contribution is -0.852. The molecule has 0 aromatic rings. The van der Waals surface area contributed by atoms with E-state index in [0.717, 1.165) is 4.21 Å². The predicted octanol–water partition coefficient (Wildman–Crippen LogP) is 1.10. The molecule has 1 fully saturated rings. The van der Waals surface area contributed by atoms with Gasteiger partial charge >= 0.3 is 0 Å². The molecule has 0 atom stereocenters.